The third-order valence-corrected chi connectivity index (χ3v) is 8.73. The van der Waals surface area contributed by atoms with Gasteiger partial charge in [0.25, 0.3) is 5.91 Å². The number of carbonyl (C=O) groups is 3. The van der Waals surface area contributed by atoms with Crippen molar-refractivity contribution < 1.29 is 14.4 Å². The highest BCUT2D eigenvalue weighted by atomic mass is 32.2. The SMILES string of the molecule is CSC[C@@H](C(=O)N1CCC[C@H]1C(=O)NCc1ccc(-c2scnc2C)cc1)N1Cc2ccccc2C1=O. The summed E-state index contributed by atoms with van der Waals surface area (Å²) in [4.78, 5) is 48.8. The maximum absolute atomic E-state index is 13.7. The molecule has 9 heteroatoms. The van der Waals surface area contributed by atoms with Gasteiger partial charge in [-0.25, -0.2) is 4.98 Å². The van der Waals surface area contributed by atoms with E-state index in [0.29, 0.717) is 37.4 Å². The molecule has 0 saturated carbocycles. The summed E-state index contributed by atoms with van der Waals surface area (Å²) >= 11 is 3.15. The van der Waals surface area contributed by atoms with E-state index < -0.39 is 12.1 Å². The van der Waals surface area contributed by atoms with Crippen molar-refractivity contribution in [2.45, 2.75) is 44.9 Å². The van der Waals surface area contributed by atoms with Crippen LogP contribution < -0.4 is 5.32 Å². The lowest BCUT2D eigenvalue weighted by Crippen LogP contribution is -2.54. The molecule has 0 bridgehead atoms. The molecule has 1 aromatic heterocycles. The van der Waals surface area contributed by atoms with Crippen LogP contribution in [0, 0.1) is 6.92 Å². The van der Waals surface area contributed by atoms with Gasteiger partial charge >= 0.3 is 0 Å². The maximum atomic E-state index is 13.7. The lowest BCUT2D eigenvalue weighted by Gasteiger charge is -2.32. The lowest BCUT2D eigenvalue weighted by atomic mass is 10.1. The third kappa shape index (κ3) is 5.15. The van der Waals surface area contributed by atoms with Gasteiger partial charge in [0.15, 0.2) is 0 Å². The van der Waals surface area contributed by atoms with Gasteiger partial charge in [0.2, 0.25) is 11.8 Å². The lowest BCUT2D eigenvalue weighted by molar-refractivity contribution is -0.141. The standard InChI is InChI=1S/C28H30N4O3S2/c1-18-25(37-17-30-18)20-11-9-19(10-12-20)14-29-26(33)23-8-5-13-31(23)28(35)24(16-36-2)32-15-21-6-3-4-7-22(21)27(32)34/h3-4,6-7,9-12,17,23-24H,5,8,13-16H2,1-2H3,(H,29,33)/t23-,24-/m0/s1. The fraction of sp³-hybridized carbons (Fsp3) is 0.357. The van der Waals surface area contributed by atoms with E-state index in [1.165, 1.54) is 11.8 Å². The van der Waals surface area contributed by atoms with E-state index in [1.54, 1.807) is 21.1 Å². The number of carbonyl (C=O) groups excluding carboxylic acids is 3. The number of benzene rings is 2. The Bertz CT molecular complexity index is 1310. The number of rotatable bonds is 8. The fourth-order valence-corrected chi connectivity index (χ4v) is 6.59. The van der Waals surface area contributed by atoms with Crippen LogP contribution in [0.1, 0.15) is 40.0 Å². The quantitative estimate of drug-likeness (QED) is 0.470. The molecule has 0 unspecified atom stereocenters. The number of thiazole rings is 1. The molecule has 0 radical (unpaired) electrons. The topological polar surface area (TPSA) is 82.6 Å². The second kappa shape index (κ2) is 11.1. The van der Waals surface area contributed by atoms with E-state index in [-0.39, 0.29) is 17.7 Å². The number of thioether (sulfide) groups is 1. The summed E-state index contributed by atoms with van der Waals surface area (Å²) in [6.45, 7) is 3.34. The van der Waals surface area contributed by atoms with E-state index in [2.05, 4.69) is 10.3 Å². The highest BCUT2D eigenvalue weighted by molar-refractivity contribution is 7.98. The summed E-state index contributed by atoms with van der Waals surface area (Å²) in [6, 6.07) is 14.5. The van der Waals surface area contributed by atoms with Gasteiger partial charge in [-0.15, -0.1) is 11.3 Å². The van der Waals surface area contributed by atoms with Gasteiger partial charge in [0, 0.05) is 31.0 Å². The zero-order chi connectivity index (χ0) is 25.9. The Morgan fingerprint density at radius 1 is 1.19 bits per heavy atom. The number of amides is 3. The predicted octanol–water partition coefficient (Wildman–Crippen LogP) is 4.11. The average molecular weight is 535 g/mol. The van der Waals surface area contributed by atoms with Crippen LogP contribution in [-0.4, -0.2) is 63.1 Å². The molecule has 5 rings (SSSR count). The minimum Gasteiger partial charge on any atom is -0.350 e. The van der Waals surface area contributed by atoms with Crippen molar-refractivity contribution >= 4 is 40.8 Å². The molecule has 3 aromatic rings. The van der Waals surface area contributed by atoms with Crippen LogP contribution in [0.3, 0.4) is 0 Å². The van der Waals surface area contributed by atoms with Crippen LogP contribution in [0.15, 0.2) is 54.0 Å². The molecule has 2 aliphatic heterocycles. The first-order chi connectivity index (χ1) is 18.0. The average Bonchev–Trinajstić information content (AvgIpc) is 3.65. The predicted molar refractivity (Wildman–Crippen MR) is 147 cm³/mol. The molecule has 7 nitrogen and oxygen atoms in total. The molecule has 0 aliphatic carbocycles. The summed E-state index contributed by atoms with van der Waals surface area (Å²) in [5, 5.41) is 3.03. The van der Waals surface area contributed by atoms with Gasteiger partial charge in [-0.2, -0.15) is 11.8 Å². The van der Waals surface area contributed by atoms with Crippen molar-refractivity contribution in [1.29, 1.82) is 0 Å². The number of hydrogen-bond acceptors (Lipinski definition) is 6. The number of aromatic nitrogens is 1. The van der Waals surface area contributed by atoms with E-state index in [9.17, 15) is 14.4 Å². The summed E-state index contributed by atoms with van der Waals surface area (Å²) in [5.41, 5.74) is 6.57. The molecule has 3 amide bonds. The van der Waals surface area contributed by atoms with Crippen LogP contribution in [0.4, 0.5) is 0 Å². The molecule has 0 spiro atoms. The molecule has 1 fully saturated rings. The highest BCUT2D eigenvalue weighted by Gasteiger charge is 2.42. The van der Waals surface area contributed by atoms with Crippen molar-refractivity contribution in [2.24, 2.45) is 0 Å². The van der Waals surface area contributed by atoms with E-state index in [4.69, 9.17) is 0 Å². The van der Waals surface area contributed by atoms with Crippen molar-refractivity contribution in [3.63, 3.8) is 0 Å². The zero-order valence-electron chi connectivity index (χ0n) is 21.0. The Morgan fingerprint density at radius 2 is 1.97 bits per heavy atom. The molecule has 1 N–H and O–H groups in total. The normalized spacial score (nSPS) is 17.7. The van der Waals surface area contributed by atoms with Crippen LogP contribution in [0.5, 0.6) is 0 Å². The minimum absolute atomic E-state index is 0.111. The molecule has 3 heterocycles. The summed E-state index contributed by atoms with van der Waals surface area (Å²) in [5.74, 6) is 0.0967. The monoisotopic (exact) mass is 534 g/mol. The van der Waals surface area contributed by atoms with E-state index >= 15 is 0 Å². The smallest absolute Gasteiger partial charge is 0.255 e. The molecule has 37 heavy (non-hydrogen) atoms. The van der Waals surface area contributed by atoms with Crippen LogP contribution in [-0.2, 0) is 22.7 Å². The summed E-state index contributed by atoms with van der Waals surface area (Å²) in [6.07, 6.45) is 3.33. The van der Waals surface area contributed by atoms with Crippen molar-refractivity contribution in [3.05, 3.63) is 76.4 Å². The van der Waals surface area contributed by atoms with Crippen molar-refractivity contribution in [1.82, 2.24) is 20.1 Å². The zero-order valence-corrected chi connectivity index (χ0v) is 22.6. The van der Waals surface area contributed by atoms with Crippen LogP contribution in [0.2, 0.25) is 0 Å². The Morgan fingerprint density at radius 3 is 2.68 bits per heavy atom. The molecule has 2 aromatic carbocycles. The fourth-order valence-electron chi connectivity index (χ4n) is 5.14. The number of aryl methyl sites for hydroxylation is 1. The van der Waals surface area contributed by atoms with Gasteiger partial charge in [-0.05, 0) is 48.8 Å². The Hall–Kier alpha value is -3.17. The number of hydrogen-bond donors (Lipinski definition) is 1. The molecule has 192 valence electrons. The highest BCUT2D eigenvalue weighted by Crippen LogP contribution is 2.29. The van der Waals surface area contributed by atoms with Crippen molar-refractivity contribution in [2.75, 3.05) is 18.6 Å². The molecule has 2 atom stereocenters. The van der Waals surface area contributed by atoms with Gasteiger partial charge in [0.1, 0.15) is 12.1 Å². The molecule has 1 saturated heterocycles. The Kier molecular flexibility index (Phi) is 7.62. The number of nitrogens with zero attached hydrogens (tertiary/aromatic N) is 3. The van der Waals surface area contributed by atoms with Gasteiger partial charge in [-0.1, -0.05) is 42.5 Å². The Balaban J connectivity index is 1.24. The van der Waals surface area contributed by atoms with E-state index in [0.717, 1.165) is 33.7 Å². The largest absolute Gasteiger partial charge is 0.350 e. The van der Waals surface area contributed by atoms with Crippen LogP contribution >= 0.6 is 23.1 Å². The van der Waals surface area contributed by atoms with Crippen molar-refractivity contribution in [3.8, 4) is 10.4 Å². The number of fused-ring (bicyclic) bond motifs is 1. The van der Waals surface area contributed by atoms with Gasteiger partial charge in [0.05, 0.1) is 16.1 Å². The van der Waals surface area contributed by atoms with Crippen LogP contribution in [0.25, 0.3) is 10.4 Å². The van der Waals surface area contributed by atoms with E-state index in [1.807, 2.05) is 67.2 Å². The number of nitrogens with one attached hydrogen (secondary N) is 1. The first-order valence-corrected chi connectivity index (χ1v) is 14.7. The minimum atomic E-state index is -0.592. The van der Waals surface area contributed by atoms with Gasteiger partial charge < -0.3 is 15.1 Å². The molecular formula is C28H30N4O3S2. The van der Waals surface area contributed by atoms with Gasteiger partial charge in [-0.3, -0.25) is 14.4 Å². The first kappa shape index (κ1) is 25.5. The molecular weight excluding hydrogens is 504 g/mol. The first-order valence-electron chi connectivity index (χ1n) is 12.4. The second-order valence-electron chi connectivity index (χ2n) is 9.43. The third-order valence-electron chi connectivity index (χ3n) is 7.10. The molecule has 2 aliphatic rings. The second-order valence-corrected chi connectivity index (χ2v) is 11.2. The maximum Gasteiger partial charge on any atom is 0.255 e. The summed E-state index contributed by atoms with van der Waals surface area (Å²) < 4.78 is 0. The summed E-state index contributed by atoms with van der Waals surface area (Å²) in [7, 11) is 0. The Labute approximate surface area is 225 Å². The number of likely N-dealkylation sites (tertiary alicyclic amines) is 1.